The zero-order valence-corrected chi connectivity index (χ0v) is 5.51. The van der Waals surface area contributed by atoms with Crippen molar-refractivity contribution in [2.75, 3.05) is 13.1 Å². The number of nitrogens with one attached hydrogen (secondary N) is 1. The van der Waals surface area contributed by atoms with Crippen LogP contribution in [0.25, 0.3) is 0 Å². The molecule has 1 aliphatic carbocycles. The van der Waals surface area contributed by atoms with Crippen molar-refractivity contribution in [3.05, 3.63) is 0 Å². The van der Waals surface area contributed by atoms with Gasteiger partial charge in [-0.3, -0.25) is 0 Å². The Morgan fingerprint density at radius 1 is 1.56 bits per heavy atom. The van der Waals surface area contributed by atoms with E-state index in [4.69, 9.17) is 10.8 Å². The third-order valence-corrected chi connectivity index (χ3v) is 1.79. The van der Waals surface area contributed by atoms with E-state index in [0.29, 0.717) is 12.6 Å². The maximum absolute atomic E-state index is 9.03. The summed E-state index contributed by atoms with van der Waals surface area (Å²) in [6, 6.07) is 0.327. The second-order valence-corrected chi connectivity index (χ2v) is 2.49. The third-order valence-electron chi connectivity index (χ3n) is 1.79. The molecule has 1 rings (SSSR count). The highest BCUT2D eigenvalue weighted by Crippen LogP contribution is 2.18. The Morgan fingerprint density at radius 3 is 2.67 bits per heavy atom. The van der Waals surface area contributed by atoms with Gasteiger partial charge in [-0.1, -0.05) is 0 Å². The molecule has 1 aliphatic rings. The van der Waals surface area contributed by atoms with E-state index in [-0.39, 0.29) is 6.10 Å². The summed E-state index contributed by atoms with van der Waals surface area (Å²) in [5.41, 5.74) is 5.26. The molecule has 0 amide bonds. The number of rotatable bonds is 3. The summed E-state index contributed by atoms with van der Waals surface area (Å²) in [5.74, 6) is 0. The van der Waals surface area contributed by atoms with Crippen LogP contribution in [0.1, 0.15) is 12.8 Å². The van der Waals surface area contributed by atoms with Gasteiger partial charge in [0.15, 0.2) is 0 Å². The van der Waals surface area contributed by atoms with Gasteiger partial charge in [0, 0.05) is 19.1 Å². The molecule has 0 bridgehead atoms. The fourth-order valence-electron chi connectivity index (χ4n) is 0.989. The average Bonchev–Trinajstić information content (AvgIpc) is 1.86. The molecule has 2 atom stereocenters. The first-order valence-corrected chi connectivity index (χ1v) is 3.46. The topological polar surface area (TPSA) is 58.3 Å². The van der Waals surface area contributed by atoms with E-state index < -0.39 is 0 Å². The summed E-state index contributed by atoms with van der Waals surface area (Å²) >= 11 is 0. The molecular formula is C6H14N2O. The van der Waals surface area contributed by atoms with Gasteiger partial charge in [-0.25, -0.2) is 0 Å². The molecule has 3 heteroatoms. The molecule has 0 aliphatic heterocycles. The minimum absolute atomic E-state index is 0.114. The Hall–Kier alpha value is -0.120. The van der Waals surface area contributed by atoms with Crippen LogP contribution in [0.2, 0.25) is 0 Å². The van der Waals surface area contributed by atoms with E-state index in [1.165, 1.54) is 0 Å². The standard InChI is InChI=1S/C6H14N2O/c7-3-4-8-5-1-2-6(5)9/h5-6,8-9H,1-4,7H2/t5-,6-/m1/s1. The summed E-state index contributed by atoms with van der Waals surface area (Å²) in [4.78, 5) is 0. The van der Waals surface area contributed by atoms with E-state index in [0.717, 1.165) is 19.4 Å². The summed E-state index contributed by atoms with van der Waals surface area (Å²) in [5, 5.41) is 12.2. The lowest BCUT2D eigenvalue weighted by Crippen LogP contribution is -2.49. The number of hydrogen-bond acceptors (Lipinski definition) is 3. The summed E-state index contributed by atoms with van der Waals surface area (Å²) in [7, 11) is 0. The van der Waals surface area contributed by atoms with E-state index in [1.807, 2.05) is 0 Å². The third kappa shape index (κ3) is 1.64. The van der Waals surface area contributed by atoms with Crippen LogP contribution in [-0.4, -0.2) is 30.3 Å². The van der Waals surface area contributed by atoms with Crippen LogP contribution in [0.3, 0.4) is 0 Å². The van der Waals surface area contributed by atoms with Crippen LogP contribution in [-0.2, 0) is 0 Å². The van der Waals surface area contributed by atoms with Crippen molar-refractivity contribution < 1.29 is 5.11 Å². The summed E-state index contributed by atoms with van der Waals surface area (Å²) in [6.45, 7) is 1.48. The number of aliphatic hydroxyl groups excluding tert-OH is 1. The van der Waals surface area contributed by atoms with E-state index in [9.17, 15) is 0 Å². The largest absolute Gasteiger partial charge is 0.392 e. The molecule has 0 saturated heterocycles. The molecule has 0 radical (unpaired) electrons. The second kappa shape index (κ2) is 3.15. The van der Waals surface area contributed by atoms with Crippen molar-refractivity contribution in [3.8, 4) is 0 Å². The van der Waals surface area contributed by atoms with Crippen molar-refractivity contribution in [1.29, 1.82) is 0 Å². The smallest absolute Gasteiger partial charge is 0.0693 e. The lowest BCUT2D eigenvalue weighted by Gasteiger charge is -2.32. The van der Waals surface area contributed by atoms with Crippen LogP contribution in [0.4, 0.5) is 0 Å². The van der Waals surface area contributed by atoms with Gasteiger partial charge in [0.25, 0.3) is 0 Å². The van der Waals surface area contributed by atoms with Gasteiger partial charge in [0.2, 0.25) is 0 Å². The Kier molecular flexibility index (Phi) is 2.45. The molecule has 1 fully saturated rings. The molecule has 4 N–H and O–H groups in total. The Labute approximate surface area is 55.2 Å². The molecule has 1 saturated carbocycles. The van der Waals surface area contributed by atoms with Crippen LogP contribution in [0.15, 0.2) is 0 Å². The van der Waals surface area contributed by atoms with Crippen molar-refractivity contribution in [2.24, 2.45) is 5.73 Å². The minimum Gasteiger partial charge on any atom is -0.392 e. The van der Waals surface area contributed by atoms with Gasteiger partial charge in [-0.05, 0) is 12.8 Å². The monoisotopic (exact) mass is 130 g/mol. The molecule has 0 heterocycles. The van der Waals surface area contributed by atoms with Gasteiger partial charge < -0.3 is 16.2 Å². The Morgan fingerprint density at radius 2 is 2.33 bits per heavy atom. The first kappa shape index (κ1) is 6.99. The predicted molar refractivity (Wildman–Crippen MR) is 36.1 cm³/mol. The molecular weight excluding hydrogens is 116 g/mol. The quantitative estimate of drug-likeness (QED) is 0.462. The molecule has 0 spiro atoms. The molecule has 3 nitrogen and oxygen atoms in total. The van der Waals surface area contributed by atoms with Crippen LogP contribution in [0, 0.1) is 0 Å². The lowest BCUT2D eigenvalue weighted by molar-refractivity contribution is 0.0508. The van der Waals surface area contributed by atoms with Gasteiger partial charge in [-0.2, -0.15) is 0 Å². The molecule has 0 aromatic rings. The highest BCUT2D eigenvalue weighted by Gasteiger charge is 2.27. The van der Waals surface area contributed by atoms with Crippen molar-refractivity contribution >= 4 is 0 Å². The van der Waals surface area contributed by atoms with E-state index in [1.54, 1.807) is 0 Å². The van der Waals surface area contributed by atoms with Gasteiger partial charge >= 0.3 is 0 Å². The molecule has 54 valence electrons. The van der Waals surface area contributed by atoms with Gasteiger partial charge in [-0.15, -0.1) is 0 Å². The fraction of sp³-hybridized carbons (Fsp3) is 1.00. The molecule has 0 unspecified atom stereocenters. The summed E-state index contributed by atoms with van der Waals surface area (Å²) < 4.78 is 0. The normalized spacial score (nSPS) is 34.0. The van der Waals surface area contributed by atoms with Gasteiger partial charge in [0.1, 0.15) is 0 Å². The van der Waals surface area contributed by atoms with E-state index >= 15 is 0 Å². The van der Waals surface area contributed by atoms with E-state index in [2.05, 4.69) is 5.32 Å². The van der Waals surface area contributed by atoms with Crippen molar-refractivity contribution in [1.82, 2.24) is 5.32 Å². The first-order valence-electron chi connectivity index (χ1n) is 3.46. The maximum atomic E-state index is 9.03. The van der Waals surface area contributed by atoms with Crippen LogP contribution < -0.4 is 11.1 Å². The average molecular weight is 130 g/mol. The second-order valence-electron chi connectivity index (χ2n) is 2.49. The van der Waals surface area contributed by atoms with Crippen LogP contribution in [0.5, 0.6) is 0 Å². The van der Waals surface area contributed by atoms with Crippen molar-refractivity contribution in [3.63, 3.8) is 0 Å². The Bertz CT molecular complexity index is 87.1. The zero-order chi connectivity index (χ0) is 6.69. The molecule has 0 aromatic carbocycles. The lowest BCUT2D eigenvalue weighted by atomic mass is 9.89. The predicted octanol–water partition coefficient (Wildman–Crippen LogP) is -0.942. The zero-order valence-electron chi connectivity index (χ0n) is 5.51. The van der Waals surface area contributed by atoms with Crippen molar-refractivity contribution in [2.45, 2.75) is 25.0 Å². The number of hydrogen-bond donors (Lipinski definition) is 3. The van der Waals surface area contributed by atoms with Gasteiger partial charge in [0.05, 0.1) is 6.10 Å². The minimum atomic E-state index is -0.114. The number of aliphatic hydroxyl groups is 1. The Balaban J connectivity index is 1.99. The fourth-order valence-corrected chi connectivity index (χ4v) is 0.989. The summed E-state index contributed by atoms with van der Waals surface area (Å²) in [6.07, 6.45) is 1.93. The highest BCUT2D eigenvalue weighted by molar-refractivity contribution is 4.85. The first-order chi connectivity index (χ1) is 4.34. The SMILES string of the molecule is NCCN[C@@H]1CC[C@H]1O. The maximum Gasteiger partial charge on any atom is 0.0693 e. The molecule has 9 heavy (non-hydrogen) atoms. The highest BCUT2D eigenvalue weighted by atomic mass is 16.3. The van der Waals surface area contributed by atoms with Crippen LogP contribution >= 0.6 is 0 Å². The number of nitrogens with two attached hydrogens (primary N) is 1. The molecule has 0 aromatic heterocycles.